The molecule has 0 aromatic rings. The van der Waals surface area contributed by atoms with E-state index >= 15 is 0 Å². The molecule has 566 valence electrons. The summed E-state index contributed by atoms with van der Waals surface area (Å²) in [6.07, 6.45) is 112. The third kappa shape index (κ3) is 81.4. The van der Waals surface area contributed by atoms with E-state index in [-0.39, 0.29) is 32.0 Å². The highest BCUT2D eigenvalue weighted by Crippen LogP contribution is 2.43. The zero-order valence-electron chi connectivity index (χ0n) is 64.8. The molecule has 0 radical (unpaired) electrons. The van der Waals surface area contributed by atoms with Crippen LogP contribution in [0.4, 0.5) is 0 Å². The van der Waals surface area contributed by atoms with Gasteiger partial charge in [0.2, 0.25) is 0 Å². The molecule has 0 aromatic carbocycles. The average molecular weight is 1390 g/mol. The lowest BCUT2D eigenvalue weighted by Crippen LogP contribution is -2.37. The van der Waals surface area contributed by atoms with Gasteiger partial charge in [-0.15, -0.1) is 0 Å². The molecule has 0 aliphatic carbocycles. The zero-order chi connectivity index (χ0) is 71.1. The molecule has 9 nitrogen and oxygen atoms in total. The van der Waals surface area contributed by atoms with Crippen molar-refractivity contribution in [1.29, 1.82) is 0 Å². The van der Waals surface area contributed by atoms with Gasteiger partial charge < -0.3 is 18.9 Å². The second kappa shape index (κ2) is 77.6. The molecule has 0 spiro atoms. The van der Waals surface area contributed by atoms with Gasteiger partial charge in [0.1, 0.15) is 19.8 Å². The number of esters is 2. The molecule has 0 aliphatic rings. The van der Waals surface area contributed by atoms with Crippen molar-refractivity contribution in [1.82, 2.24) is 0 Å². The van der Waals surface area contributed by atoms with E-state index in [0.29, 0.717) is 17.4 Å². The smallest absolute Gasteiger partial charge is 0.462 e. The number of likely N-dealkylation sites (N-methyl/N-ethyl adjacent to an activating group) is 1. The van der Waals surface area contributed by atoms with E-state index in [4.69, 9.17) is 18.5 Å². The molecule has 0 heterocycles. The third-order valence-electron chi connectivity index (χ3n) is 18.0. The van der Waals surface area contributed by atoms with E-state index < -0.39 is 26.5 Å². The van der Waals surface area contributed by atoms with Crippen LogP contribution in [0.3, 0.4) is 0 Å². The first-order chi connectivity index (χ1) is 48.0. The van der Waals surface area contributed by atoms with E-state index in [9.17, 15) is 19.0 Å². The maximum atomic E-state index is 12.9. The summed E-state index contributed by atoms with van der Waals surface area (Å²) in [4.78, 5) is 36.0. The van der Waals surface area contributed by atoms with Crippen LogP contribution < -0.4 is 0 Å². The maximum absolute atomic E-state index is 12.9. The van der Waals surface area contributed by atoms with Gasteiger partial charge in [0.05, 0.1) is 27.7 Å². The van der Waals surface area contributed by atoms with Crippen molar-refractivity contribution in [2.24, 2.45) is 0 Å². The maximum Gasteiger partial charge on any atom is 0.472 e. The highest BCUT2D eigenvalue weighted by molar-refractivity contribution is 7.47. The molecule has 10 heteroatoms. The predicted molar refractivity (Wildman–Crippen MR) is 427 cm³/mol. The summed E-state index contributed by atoms with van der Waals surface area (Å²) in [5.74, 6) is -0.784. The number of quaternary nitrogens is 1. The number of ether oxygens (including phenoxy) is 2. The van der Waals surface area contributed by atoms with Crippen LogP contribution in [0.5, 0.6) is 0 Å². The lowest BCUT2D eigenvalue weighted by molar-refractivity contribution is -0.870. The number of rotatable bonds is 76. The number of unbranched alkanes of at least 4 members (excludes halogenated alkanes) is 42. The second-order valence-electron chi connectivity index (χ2n) is 28.7. The summed E-state index contributed by atoms with van der Waals surface area (Å²) in [6.45, 7) is 4.25. The molecule has 2 unspecified atom stereocenters. The van der Waals surface area contributed by atoms with E-state index in [0.717, 1.165) is 103 Å². The highest BCUT2D eigenvalue weighted by Gasteiger charge is 2.27. The molecular formula is C88H157NO8P+. The molecule has 1 N–H and O–H groups in total. The number of hydrogen-bond acceptors (Lipinski definition) is 7. The van der Waals surface area contributed by atoms with Crippen LogP contribution in [0, 0.1) is 0 Å². The third-order valence-corrected chi connectivity index (χ3v) is 19.0. The Bertz CT molecular complexity index is 2070. The largest absolute Gasteiger partial charge is 0.472 e. The van der Waals surface area contributed by atoms with Crippen LogP contribution in [0.2, 0.25) is 0 Å². The van der Waals surface area contributed by atoms with Gasteiger partial charge in [0.25, 0.3) is 0 Å². The summed E-state index contributed by atoms with van der Waals surface area (Å²) in [7, 11) is 1.48. The first-order valence-corrected chi connectivity index (χ1v) is 42.8. The Morgan fingerprint density at radius 3 is 0.816 bits per heavy atom. The van der Waals surface area contributed by atoms with Gasteiger partial charge >= 0.3 is 19.8 Å². The monoisotopic (exact) mass is 1390 g/mol. The molecule has 0 aliphatic heterocycles. The van der Waals surface area contributed by atoms with Crippen LogP contribution in [0.25, 0.3) is 0 Å². The van der Waals surface area contributed by atoms with Crippen molar-refractivity contribution < 1.29 is 42.1 Å². The second-order valence-corrected chi connectivity index (χ2v) is 30.2. The minimum absolute atomic E-state index is 0.0300. The summed E-state index contributed by atoms with van der Waals surface area (Å²) < 4.78 is 34.8. The normalized spacial score (nSPS) is 13.7. The van der Waals surface area contributed by atoms with Crippen molar-refractivity contribution in [2.45, 2.75) is 380 Å². The molecule has 0 aromatic heterocycles. The molecule has 98 heavy (non-hydrogen) atoms. The van der Waals surface area contributed by atoms with Crippen molar-refractivity contribution in [3.8, 4) is 0 Å². The molecule has 0 saturated heterocycles. The lowest BCUT2D eigenvalue weighted by Gasteiger charge is -2.24. The number of carbonyl (C=O) groups is 2. The summed E-state index contributed by atoms with van der Waals surface area (Å²) in [6, 6.07) is 0. The van der Waals surface area contributed by atoms with E-state index in [1.54, 1.807) is 0 Å². The Morgan fingerprint density at radius 1 is 0.316 bits per heavy atom. The topological polar surface area (TPSA) is 108 Å². The van der Waals surface area contributed by atoms with E-state index in [1.165, 1.54) is 238 Å². The summed E-state index contributed by atoms with van der Waals surface area (Å²) in [5.41, 5.74) is 0. The highest BCUT2D eigenvalue weighted by atomic mass is 31.2. The van der Waals surface area contributed by atoms with E-state index in [2.05, 4.69) is 135 Å². The van der Waals surface area contributed by atoms with Crippen LogP contribution in [0.15, 0.2) is 122 Å². The van der Waals surface area contributed by atoms with Crippen molar-refractivity contribution in [2.75, 3.05) is 47.5 Å². The SMILES string of the molecule is CC/C=C\C/C=C\C/C=C\C/C=C\C/C=C\C/C=C\CCCCCCCCCCCCCCCCC(=O)OC(COC(=O)CCCCCCCCCCCCCCCCCCCCCCCCCCCCCC/C=C\C/C=C\C/C=C\C/C=C\CC)COP(=O)(O)OCC[N+](C)(C)C. The molecular weight excluding hydrogens is 1230 g/mol. The predicted octanol–water partition coefficient (Wildman–Crippen LogP) is 27.7. The summed E-state index contributed by atoms with van der Waals surface area (Å²) in [5, 5.41) is 0. The fourth-order valence-electron chi connectivity index (χ4n) is 11.8. The number of phosphoric acid groups is 1. The Balaban J connectivity index is 3.91. The Hall–Kier alpha value is -3.59. The first-order valence-electron chi connectivity index (χ1n) is 41.3. The van der Waals surface area contributed by atoms with E-state index in [1.807, 2.05) is 21.1 Å². The Labute approximate surface area is 607 Å². The van der Waals surface area contributed by atoms with Crippen LogP contribution in [-0.4, -0.2) is 74.9 Å². The van der Waals surface area contributed by atoms with Crippen molar-refractivity contribution in [3.05, 3.63) is 122 Å². The number of hydrogen-bond donors (Lipinski definition) is 1. The van der Waals surface area contributed by atoms with Gasteiger partial charge in [-0.1, -0.05) is 379 Å². The van der Waals surface area contributed by atoms with Crippen LogP contribution >= 0.6 is 7.82 Å². The first kappa shape index (κ1) is 94.4. The Morgan fingerprint density at radius 2 is 0.551 bits per heavy atom. The lowest BCUT2D eigenvalue weighted by atomic mass is 10.0. The van der Waals surface area contributed by atoms with Crippen LogP contribution in [-0.2, 0) is 32.7 Å². The number of carbonyl (C=O) groups excluding carboxylic acids is 2. The fraction of sp³-hybridized carbons (Fsp3) is 0.750. The van der Waals surface area contributed by atoms with Gasteiger partial charge in [-0.3, -0.25) is 18.6 Å². The molecule has 0 bridgehead atoms. The quantitative estimate of drug-likeness (QED) is 0.0211. The standard InChI is InChI=1S/C88H156NO8P/c1-6-8-10-12-14-16-18-20-22-24-26-28-30-32-34-36-38-40-41-42-43-44-45-46-47-49-50-52-54-56-58-60-62-64-66-68-70-72-74-76-78-80-87(90)94-84-86(85-96-98(92,93)95-83-82-89(3,4)5)97-88(91)81-79-77-75-73-71-69-67-65-63-61-59-57-55-53-51-48-39-37-35-33-31-29-27-25-23-21-19-17-15-13-11-9-7-2/h8-11,14-17,20-23,26-29,33,35,39,48,86H,6-7,12-13,18-19,24-25,30-32,34,36-38,40-47,49-85H2,1-5H3/p+1/b10-8-,11-9-,16-14-,17-15-,22-20-,23-21-,28-26-,29-27-,35-33-,48-39-. The minimum Gasteiger partial charge on any atom is -0.462 e. The van der Waals surface area contributed by atoms with Crippen molar-refractivity contribution in [3.63, 3.8) is 0 Å². The molecule has 0 amide bonds. The minimum atomic E-state index is -4.40. The van der Waals surface area contributed by atoms with Crippen molar-refractivity contribution >= 4 is 19.8 Å². The number of nitrogens with zero attached hydrogens (tertiary/aromatic N) is 1. The number of allylic oxidation sites excluding steroid dienone is 20. The summed E-state index contributed by atoms with van der Waals surface area (Å²) >= 11 is 0. The van der Waals surface area contributed by atoms with Crippen LogP contribution in [0.1, 0.15) is 373 Å². The number of phosphoric ester groups is 1. The molecule has 2 atom stereocenters. The fourth-order valence-corrected chi connectivity index (χ4v) is 12.5. The molecule has 0 rings (SSSR count). The molecule has 0 saturated carbocycles. The van der Waals surface area contributed by atoms with Gasteiger partial charge in [0, 0.05) is 12.8 Å². The van der Waals surface area contributed by atoms with Gasteiger partial charge in [-0.2, -0.15) is 0 Å². The average Bonchev–Trinajstić information content (AvgIpc) is 1.08. The van der Waals surface area contributed by atoms with Gasteiger partial charge in [-0.25, -0.2) is 4.57 Å². The Kier molecular flexibility index (Phi) is 74.7. The van der Waals surface area contributed by atoms with Gasteiger partial charge in [0.15, 0.2) is 6.10 Å². The van der Waals surface area contributed by atoms with Gasteiger partial charge in [-0.05, 0) is 103 Å². The molecule has 0 fully saturated rings. The zero-order valence-corrected chi connectivity index (χ0v) is 65.6.